The third-order valence-electron chi connectivity index (χ3n) is 2.96. The van der Waals surface area contributed by atoms with Crippen LogP contribution in [0, 0.1) is 0 Å². The fraction of sp³-hybridized carbons (Fsp3) is 0.0588. The van der Waals surface area contributed by atoms with E-state index in [1.54, 1.807) is 12.1 Å². The Bertz CT molecular complexity index is 865. The molecule has 0 aliphatic heterocycles. The molecule has 0 saturated carbocycles. The van der Waals surface area contributed by atoms with Crippen LogP contribution in [0.2, 0.25) is 5.02 Å². The molecule has 0 aromatic heterocycles. The Kier molecular flexibility index (Phi) is 7.07. The second kappa shape index (κ2) is 9.07. The second-order valence-electron chi connectivity index (χ2n) is 4.88. The largest absolute Gasteiger partial charge is 0.500 e. The number of rotatable bonds is 6. The minimum Gasteiger partial charge on any atom is -0.500 e. The first-order valence-electron chi connectivity index (χ1n) is 7.01. The molecule has 1 amide bonds. The van der Waals surface area contributed by atoms with Gasteiger partial charge in [0.15, 0.2) is 0 Å². The van der Waals surface area contributed by atoms with Crippen LogP contribution in [0.15, 0.2) is 57.4 Å². The molecule has 0 spiro atoms. The number of amides is 1. The zero-order valence-corrected chi connectivity index (χ0v) is 17.2. The summed E-state index contributed by atoms with van der Waals surface area (Å²) in [7, 11) is 1.28. The van der Waals surface area contributed by atoms with Gasteiger partial charge in [0.2, 0.25) is 5.76 Å². The van der Waals surface area contributed by atoms with Gasteiger partial charge >= 0.3 is 5.97 Å². The maximum atomic E-state index is 12.6. The summed E-state index contributed by atoms with van der Waals surface area (Å²) in [5, 5.41) is 12.1. The van der Waals surface area contributed by atoms with Crippen molar-refractivity contribution in [3.05, 3.63) is 68.0 Å². The third-order valence-corrected chi connectivity index (χ3v) is 4.11. The van der Waals surface area contributed by atoms with Crippen molar-refractivity contribution < 1.29 is 24.2 Å². The van der Waals surface area contributed by atoms with E-state index in [2.05, 4.69) is 41.9 Å². The lowest BCUT2D eigenvalue weighted by Crippen LogP contribution is -2.15. The van der Waals surface area contributed by atoms with Crippen LogP contribution in [-0.2, 0) is 9.53 Å². The monoisotopic (exact) mass is 503 g/mol. The maximum Gasteiger partial charge on any atom is 0.375 e. The van der Waals surface area contributed by atoms with Gasteiger partial charge in [-0.25, -0.2) is 4.79 Å². The number of hydrogen-bond acceptors (Lipinski definition) is 4. The Morgan fingerprint density at radius 2 is 1.81 bits per heavy atom. The zero-order chi connectivity index (χ0) is 19.3. The number of carbonyl (C=O) groups excluding carboxylic acids is 1. The molecule has 2 aromatic carbocycles. The highest BCUT2D eigenvalue weighted by Crippen LogP contribution is 2.28. The number of benzene rings is 2. The van der Waals surface area contributed by atoms with E-state index in [1.807, 2.05) is 6.07 Å². The molecule has 2 aromatic rings. The quantitative estimate of drug-likeness (QED) is 0.423. The fourth-order valence-electron chi connectivity index (χ4n) is 1.94. The molecule has 136 valence electrons. The normalized spacial score (nSPS) is 11.0. The number of ether oxygens (including phenoxy) is 2. The number of carbonyl (C=O) groups is 2. The molecule has 2 rings (SSSR count). The molecule has 0 bridgehead atoms. The van der Waals surface area contributed by atoms with E-state index >= 15 is 0 Å². The Morgan fingerprint density at radius 3 is 2.38 bits per heavy atom. The highest BCUT2D eigenvalue weighted by molar-refractivity contribution is 9.11. The highest BCUT2D eigenvalue weighted by Gasteiger charge is 2.18. The topological polar surface area (TPSA) is 84.9 Å². The van der Waals surface area contributed by atoms with E-state index in [0.29, 0.717) is 10.7 Å². The van der Waals surface area contributed by atoms with Crippen molar-refractivity contribution in [2.24, 2.45) is 0 Å². The second-order valence-corrected chi connectivity index (χ2v) is 7.15. The van der Waals surface area contributed by atoms with Crippen LogP contribution in [0.4, 0.5) is 5.69 Å². The van der Waals surface area contributed by atoms with Gasteiger partial charge in [-0.2, -0.15) is 0 Å². The molecule has 0 heterocycles. The van der Waals surface area contributed by atoms with Crippen molar-refractivity contribution in [3.8, 4) is 5.75 Å². The molecule has 0 aliphatic rings. The Labute approximate surface area is 171 Å². The molecule has 2 N–H and O–H groups in total. The predicted octanol–water partition coefficient (Wildman–Crippen LogP) is 5.07. The van der Waals surface area contributed by atoms with Crippen LogP contribution < -0.4 is 10.1 Å². The number of methoxy groups -OCH3 is 1. The molecule has 9 heteroatoms. The number of hydrogen-bond donors (Lipinski definition) is 2. The van der Waals surface area contributed by atoms with Crippen molar-refractivity contribution in [2.45, 2.75) is 0 Å². The summed E-state index contributed by atoms with van der Waals surface area (Å²) in [4.78, 5) is 23.8. The lowest BCUT2D eigenvalue weighted by atomic mass is 10.1. The van der Waals surface area contributed by atoms with E-state index < -0.39 is 17.6 Å². The van der Waals surface area contributed by atoms with Gasteiger partial charge in [0.1, 0.15) is 12.0 Å². The minimum absolute atomic E-state index is 0.0201. The van der Waals surface area contributed by atoms with Crippen LogP contribution >= 0.6 is 43.5 Å². The summed E-state index contributed by atoms with van der Waals surface area (Å²) in [6.07, 6.45) is 0.921. The average Bonchev–Trinajstić information content (AvgIpc) is 2.54. The molecule has 0 unspecified atom stereocenters. The van der Waals surface area contributed by atoms with Gasteiger partial charge in [0.25, 0.3) is 5.91 Å². The summed E-state index contributed by atoms with van der Waals surface area (Å²) >= 11 is 12.6. The molecular weight excluding hydrogens is 493 g/mol. The molecule has 0 saturated heterocycles. The first kappa shape index (κ1) is 20.3. The number of aliphatic carboxylic acids is 1. The van der Waals surface area contributed by atoms with Crippen molar-refractivity contribution in [1.82, 2.24) is 0 Å². The number of halogens is 3. The first-order valence-corrected chi connectivity index (χ1v) is 8.97. The molecular formula is C17H12Br2ClNO5. The molecule has 0 fully saturated rings. The van der Waals surface area contributed by atoms with Crippen LogP contribution in [0.1, 0.15) is 10.4 Å². The van der Waals surface area contributed by atoms with Crippen molar-refractivity contribution in [3.63, 3.8) is 0 Å². The van der Waals surface area contributed by atoms with Gasteiger partial charge in [-0.3, -0.25) is 4.79 Å². The van der Waals surface area contributed by atoms with Gasteiger partial charge in [-0.1, -0.05) is 43.5 Å². The summed E-state index contributed by atoms with van der Waals surface area (Å²) < 4.78 is 11.5. The average molecular weight is 506 g/mol. The van der Waals surface area contributed by atoms with Crippen LogP contribution in [0.25, 0.3) is 0 Å². The fourth-order valence-corrected chi connectivity index (χ4v) is 3.40. The number of anilines is 1. The van der Waals surface area contributed by atoms with Crippen molar-refractivity contribution in [2.75, 3.05) is 12.4 Å². The molecule has 26 heavy (non-hydrogen) atoms. The standard InChI is InChI=1S/C17H12Br2ClNO5/c1-25-8-15(17(23)24)26-14-3-2-11(20)7-13(14)16(22)21-12-5-9(18)4-10(19)6-12/h2-8H,1H3,(H,21,22)(H,23,24). The number of carboxylic acid groups (broad SMARTS) is 1. The van der Waals surface area contributed by atoms with Crippen LogP contribution in [-0.4, -0.2) is 24.1 Å². The van der Waals surface area contributed by atoms with E-state index in [1.165, 1.54) is 25.3 Å². The number of carboxylic acids is 1. The summed E-state index contributed by atoms with van der Waals surface area (Å²) in [5.41, 5.74) is 0.588. The Hall–Kier alpha value is -2.03. The van der Waals surface area contributed by atoms with Gasteiger partial charge in [0, 0.05) is 19.7 Å². The van der Waals surface area contributed by atoms with Crippen LogP contribution in [0.5, 0.6) is 5.75 Å². The van der Waals surface area contributed by atoms with Gasteiger partial charge in [0.05, 0.1) is 12.7 Å². The lowest BCUT2D eigenvalue weighted by molar-refractivity contribution is -0.135. The predicted molar refractivity (Wildman–Crippen MR) is 105 cm³/mol. The van der Waals surface area contributed by atoms with Gasteiger partial charge < -0.3 is 19.9 Å². The van der Waals surface area contributed by atoms with Gasteiger partial charge in [-0.05, 0) is 36.4 Å². The summed E-state index contributed by atoms with van der Waals surface area (Å²) in [5.74, 6) is -2.32. The zero-order valence-electron chi connectivity index (χ0n) is 13.3. The van der Waals surface area contributed by atoms with Crippen molar-refractivity contribution in [1.29, 1.82) is 0 Å². The summed E-state index contributed by atoms with van der Waals surface area (Å²) in [6, 6.07) is 9.50. The third kappa shape index (κ3) is 5.48. The maximum absolute atomic E-state index is 12.6. The lowest BCUT2D eigenvalue weighted by Gasteiger charge is -2.12. The van der Waals surface area contributed by atoms with Crippen LogP contribution in [0.3, 0.4) is 0 Å². The molecule has 0 atom stereocenters. The number of nitrogens with one attached hydrogen (secondary N) is 1. The SMILES string of the molecule is COC=C(Oc1ccc(Cl)cc1C(=O)Nc1cc(Br)cc(Br)c1)C(=O)O. The highest BCUT2D eigenvalue weighted by atomic mass is 79.9. The Balaban J connectivity index is 2.35. The van der Waals surface area contributed by atoms with E-state index in [4.69, 9.17) is 21.4 Å². The molecule has 0 radical (unpaired) electrons. The minimum atomic E-state index is -1.34. The Morgan fingerprint density at radius 1 is 1.15 bits per heavy atom. The summed E-state index contributed by atoms with van der Waals surface area (Å²) in [6.45, 7) is 0. The smallest absolute Gasteiger partial charge is 0.375 e. The first-order chi connectivity index (χ1) is 12.3. The molecule has 6 nitrogen and oxygen atoms in total. The van der Waals surface area contributed by atoms with E-state index in [9.17, 15) is 9.59 Å². The molecule has 0 aliphatic carbocycles. The van der Waals surface area contributed by atoms with Gasteiger partial charge in [-0.15, -0.1) is 0 Å². The van der Waals surface area contributed by atoms with Crippen molar-refractivity contribution >= 4 is 61.0 Å². The van der Waals surface area contributed by atoms with E-state index in [0.717, 1.165) is 15.2 Å². The van der Waals surface area contributed by atoms with E-state index in [-0.39, 0.29) is 11.3 Å².